The van der Waals surface area contributed by atoms with Crippen LogP contribution in [0, 0.1) is 0 Å². The number of aromatic nitrogens is 1. The highest BCUT2D eigenvalue weighted by molar-refractivity contribution is 7.07. The topological polar surface area (TPSA) is 88.4 Å². The monoisotopic (exact) mass is 638 g/mol. The predicted molar refractivity (Wildman–Crippen MR) is 167 cm³/mol. The minimum Gasteiger partial charge on any atom is -0.497 e. The van der Waals surface area contributed by atoms with Crippen molar-refractivity contribution in [3.63, 3.8) is 0 Å². The van der Waals surface area contributed by atoms with E-state index in [-0.39, 0.29) is 30.4 Å². The maximum Gasteiger partial charge on any atom is 0.338 e. The van der Waals surface area contributed by atoms with Gasteiger partial charge in [0.1, 0.15) is 30.5 Å². The molecule has 0 bridgehead atoms. The van der Waals surface area contributed by atoms with Crippen molar-refractivity contribution in [3.05, 3.63) is 119 Å². The summed E-state index contributed by atoms with van der Waals surface area (Å²) in [7, 11) is 1.59. The van der Waals surface area contributed by atoms with Crippen LogP contribution in [-0.4, -0.2) is 37.5 Å². The van der Waals surface area contributed by atoms with Crippen molar-refractivity contribution >= 4 is 46.6 Å². The molecule has 1 aromatic heterocycles. The van der Waals surface area contributed by atoms with Gasteiger partial charge in [-0.3, -0.25) is 9.36 Å². The normalized spacial score (nSPS) is 14.6. The van der Waals surface area contributed by atoms with Crippen molar-refractivity contribution < 1.29 is 23.7 Å². The molecule has 222 valence electrons. The summed E-state index contributed by atoms with van der Waals surface area (Å²) in [5.41, 5.74) is 1.76. The molecule has 11 heteroatoms. The Hall–Kier alpha value is -4.05. The van der Waals surface area contributed by atoms with Crippen LogP contribution in [0.3, 0.4) is 0 Å². The van der Waals surface area contributed by atoms with Gasteiger partial charge in [0, 0.05) is 16.7 Å². The van der Waals surface area contributed by atoms with Crippen molar-refractivity contribution in [2.75, 3.05) is 26.9 Å². The van der Waals surface area contributed by atoms with E-state index in [2.05, 4.69) is 4.99 Å². The number of nitrogens with zero attached hydrogens (tertiary/aromatic N) is 2. The average molecular weight is 640 g/mol. The van der Waals surface area contributed by atoms with Gasteiger partial charge in [0.25, 0.3) is 5.56 Å². The van der Waals surface area contributed by atoms with Gasteiger partial charge in [0.05, 0.1) is 40.6 Å². The zero-order valence-corrected chi connectivity index (χ0v) is 26.0. The summed E-state index contributed by atoms with van der Waals surface area (Å²) < 4.78 is 24.3. The van der Waals surface area contributed by atoms with Crippen molar-refractivity contribution in [1.29, 1.82) is 0 Å². The third kappa shape index (κ3) is 6.64. The van der Waals surface area contributed by atoms with Crippen molar-refractivity contribution in [1.82, 2.24) is 4.57 Å². The zero-order valence-electron chi connectivity index (χ0n) is 23.6. The average Bonchev–Trinajstić information content (AvgIpc) is 3.29. The minimum absolute atomic E-state index is 0.177. The first kappa shape index (κ1) is 30.4. The maximum atomic E-state index is 14.0. The molecule has 2 heterocycles. The molecule has 0 radical (unpaired) electrons. The van der Waals surface area contributed by atoms with Gasteiger partial charge in [-0.05, 0) is 49.8 Å². The van der Waals surface area contributed by atoms with Gasteiger partial charge < -0.3 is 18.9 Å². The van der Waals surface area contributed by atoms with Crippen molar-refractivity contribution in [2.45, 2.75) is 19.9 Å². The molecule has 1 atom stereocenters. The Labute approximate surface area is 262 Å². The number of hydrogen-bond donors (Lipinski definition) is 0. The third-order valence-corrected chi connectivity index (χ3v) is 8.08. The Morgan fingerprint density at radius 1 is 1.02 bits per heavy atom. The molecule has 1 aliphatic heterocycles. The molecule has 0 spiro atoms. The first-order chi connectivity index (χ1) is 20.8. The van der Waals surface area contributed by atoms with Crippen LogP contribution in [0.25, 0.3) is 6.08 Å². The summed E-state index contributed by atoms with van der Waals surface area (Å²) in [4.78, 5) is 32.1. The van der Waals surface area contributed by atoms with E-state index in [4.69, 9.17) is 42.1 Å². The Morgan fingerprint density at radius 2 is 1.77 bits per heavy atom. The van der Waals surface area contributed by atoms with Gasteiger partial charge >= 0.3 is 5.97 Å². The summed E-state index contributed by atoms with van der Waals surface area (Å²) in [6.45, 7) is 4.10. The number of halogens is 2. The largest absolute Gasteiger partial charge is 0.497 e. The van der Waals surface area contributed by atoms with Crippen LogP contribution < -0.4 is 29.1 Å². The van der Waals surface area contributed by atoms with E-state index < -0.39 is 12.0 Å². The van der Waals surface area contributed by atoms with Gasteiger partial charge in [-0.1, -0.05) is 70.9 Å². The van der Waals surface area contributed by atoms with Crippen LogP contribution >= 0.6 is 34.5 Å². The van der Waals surface area contributed by atoms with Crippen molar-refractivity contribution in [2.24, 2.45) is 4.99 Å². The quantitative estimate of drug-likeness (QED) is 0.167. The molecule has 0 amide bonds. The third-order valence-electron chi connectivity index (χ3n) is 6.60. The molecular weight excluding hydrogens is 611 g/mol. The zero-order chi connectivity index (χ0) is 30.5. The number of allylic oxidation sites excluding steroid dienone is 1. The summed E-state index contributed by atoms with van der Waals surface area (Å²) >= 11 is 14.1. The molecule has 0 aliphatic carbocycles. The van der Waals surface area contributed by atoms with Crippen LogP contribution in [0.2, 0.25) is 10.0 Å². The van der Waals surface area contributed by atoms with E-state index in [0.29, 0.717) is 48.4 Å². The van der Waals surface area contributed by atoms with Gasteiger partial charge in [0.15, 0.2) is 4.80 Å². The fraction of sp³-hybridized carbons (Fsp3) is 0.219. The molecule has 8 nitrogen and oxygen atoms in total. The van der Waals surface area contributed by atoms with E-state index in [0.717, 1.165) is 5.56 Å². The SMILES string of the molecule is CCOC(=O)C1=C(C)N=c2s/c(=C/c3cc(Cl)cc(Cl)c3OCCOc3cccc(OC)c3)c(=O)n2C1c1ccccc1. The first-order valence-electron chi connectivity index (χ1n) is 13.4. The molecule has 0 N–H and O–H groups in total. The molecule has 5 rings (SSSR count). The van der Waals surface area contributed by atoms with E-state index >= 15 is 0 Å². The number of carbonyl (C=O) groups excluding carboxylic acids is 1. The number of ether oxygens (including phenoxy) is 4. The fourth-order valence-electron chi connectivity index (χ4n) is 4.72. The van der Waals surface area contributed by atoms with Crippen LogP contribution in [0.15, 0.2) is 87.8 Å². The van der Waals surface area contributed by atoms with Crippen molar-refractivity contribution in [3.8, 4) is 17.2 Å². The highest BCUT2D eigenvalue weighted by Gasteiger charge is 2.33. The summed E-state index contributed by atoms with van der Waals surface area (Å²) in [6.07, 6.45) is 1.67. The number of carbonyl (C=O) groups is 1. The fourth-order valence-corrected chi connectivity index (χ4v) is 6.32. The van der Waals surface area contributed by atoms with E-state index in [9.17, 15) is 9.59 Å². The second-order valence-corrected chi connectivity index (χ2v) is 11.2. The van der Waals surface area contributed by atoms with Crippen LogP contribution in [0.1, 0.15) is 31.0 Å². The standard InChI is InChI=1S/C32H28Cl2N2O6S/c1-4-40-31(38)27-19(2)35-32-36(28(27)20-9-6-5-7-10-20)30(37)26(43-32)16-21-15-22(33)17-25(34)29(21)42-14-13-41-24-12-8-11-23(18-24)39-3/h5-12,15-18,28H,4,13-14H2,1-3H3/b26-16+. The number of thiazole rings is 1. The maximum absolute atomic E-state index is 14.0. The molecular formula is C32H28Cl2N2O6S. The van der Waals surface area contributed by atoms with Crippen LogP contribution in [0.4, 0.5) is 0 Å². The molecule has 4 aromatic rings. The highest BCUT2D eigenvalue weighted by Crippen LogP contribution is 2.34. The number of fused-ring (bicyclic) bond motifs is 1. The molecule has 43 heavy (non-hydrogen) atoms. The summed E-state index contributed by atoms with van der Waals surface area (Å²) in [6, 6.07) is 19.1. The first-order valence-corrected chi connectivity index (χ1v) is 15.0. The minimum atomic E-state index is -0.703. The number of rotatable bonds is 10. The molecule has 3 aromatic carbocycles. The summed E-state index contributed by atoms with van der Waals surface area (Å²) in [5.74, 6) is 1.16. The predicted octanol–water partition coefficient (Wildman–Crippen LogP) is 5.57. The van der Waals surface area contributed by atoms with E-state index in [1.807, 2.05) is 48.5 Å². The second-order valence-electron chi connectivity index (χ2n) is 9.39. The highest BCUT2D eigenvalue weighted by atomic mass is 35.5. The summed E-state index contributed by atoms with van der Waals surface area (Å²) in [5, 5.41) is 0.669. The Bertz CT molecular complexity index is 1870. The second kappa shape index (κ2) is 13.5. The van der Waals surface area contributed by atoms with Crippen LogP contribution in [-0.2, 0) is 9.53 Å². The molecule has 0 saturated carbocycles. The molecule has 1 unspecified atom stereocenters. The van der Waals surface area contributed by atoms with Gasteiger partial charge in [0.2, 0.25) is 0 Å². The molecule has 1 aliphatic rings. The Balaban J connectivity index is 1.51. The van der Waals surface area contributed by atoms with E-state index in [1.54, 1.807) is 45.2 Å². The smallest absolute Gasteiger partial charge is 0.338 e. The van der Waals surface area contributed by atoms with Gasteiger partial charge in [-0.2, -0.15) is 0 Å². The number of esters is 1. The molecule has 0 fully saturated rings. The Kier molecular flexibility index (Phi) is 9.55. The van der Waals surface area contributed by atoms with Crippen LogP contribution in [0.5, 0.6) is 17.2 Å². The van der Waals surface area contributed by atoms with E-state index in [1.165, 1.54) is 15.9 Å². The lowest BCUT2D eigenvalue weighted by molar-refractivity contribution is -0.139. The lowest BCUT2D eigenvalue weighted by atomic mass is 9.96. The lowest BCUT2D eigenvalue weighted by Gasteiger charge is -2.24. The lowest BCUT2D eigenvalue weighted by Crippen LogP contribution is -2.39. The number of benzene rings is 3. The van der Waals surface area contributed by atoms with Gasteiger partial charge in [-0.15, -0.1) is 0 Å². The number of methoxy groups -OCH3 is 1. The molecule has 0 saturated heterocycles. The number of hydrogen-bond acceptors (Lipinski definition) is 8. The Morgan fingerprint density at radius 3 is 2.51 bits per heavy atom. The van der Waals surface area contributed by atoms with Gasteiger partial charge in [-0.25, -0.2) is 9.79 Å².